The molecule has 4 nitrogen and oxygen atoms in total. The standard InChI is InChI=1S/C11H14BrNO3/c1-4-16-10-8(12)5-7(11(14)13-2)6-9(10)15-3/h5-6H,4H2,1-3H3,(H,13,14). The molecule has 1 rings (SSSR count). The Bertz CT molecular complexity index is 393. The van der Waals surface area contributed by atoms with Crippen LogP contribution >= 0.6 is 15.9 Å². The summed E-state index contributed by atoms with van der Waals surface area (Å²) in [6.07, 6.45) is 0. The molecule has 0 saturated heterocycles. The molecule has 5 heteroatoms. The van der Waals surface area contributed by atoms with Crippen molar-refractivity contribution < 1.29 is 14.3 Å². The molecular formula is C11H14BrNO3. The van der Waals surface area contributed by atoms with E-state index in [1.165, 1.54) is 7.11 Å². The highest BCUT2D eigenvalue weighted by atomic mass is 79.9. The third-order valence-corrected chi connectivity index (χ3v) is 2.60. The van der Waals surface area contributed by atoms with Gasteiger partial charge in [0.05, 0.1) is 18.2 Å². The molecule has 0 aliphatic heterocycles. The summed E-state index contributed by atoms with van der Waals surface area (Å²) in [6.45, 7) is 2.42. The van der Waals surface area contributed by atoms with Crippen LogP contribution in [0.4, 0.5) is 0 Å². The van der Waals surface area contributed by atoms with Crippen LogP contribution in [-0.4, -0.2) is 26.7 Å². The van der Waals surface area contributed by atoms with E-state index in [0.717, 1.165) is 0 Å². The van der Waals surface area contributed by atoms with Crippen LogP contribution in [0.5, 0.6) is 11.5 Å². The molecule has 88 valence electrons. The summed E-state index contributed by atoms with van der Waals surface area (Å²) in [5.41, 5.74) is 0.523. The molecule has 0 saturated carbocycles. The number of carbonyl (C=O) groups excluding carboxylic acids is 1. The molecule has 0 fully saturated rings. The number of rotatable bonds is 4. The lowest BCUT2D eigenvalue weighted by atomic mass is 10.2. The van der Waals surface area contributed by atoms with Crippen LogP contribution in [-0.2, 0) is 0 Å². The number of hydrogen-bond donors (Lipinski definition) is 1. The zero-order valence-corrected chi connectivity index (χ0v) is 11.1. The molecule has 0 spiro atoms. The predicted molar refractivity (Wildman–Crippen MR) is 65.3 cm³/mol. The van der Waals surface area contributed by atoms with E-state index in [1.807, 2.05) is 6.92 Å². The Morgan fingerprint density at radius 2 is 2.19 bits per heavy atom. The SMILES string of the molecule is CCOc1c(Br)cc(C(=O)NC)cc1OC. The minimum absolute atomic E-state index is 0.165. The molecule has 16 heavy (non-hydrogen) atoms. The molecular weight excluding hydrogens is 274 g/mol. The van der Waals surface area contributed by atoms with Crippen molar-refractivity contribution in [1.82, 2.24) is 5.32 Å². The first-order chi connectivity index (χ1) is 7.63. The number of carbonyl (C=O) groups is 1. The Balaban J connectivity index is 3.20. The summed E-state index contributed by atoms with van der Waals surface area (Å²) >= 11 is 3.35. The van der Waals surface area contributed by atoms with Crippen molar-refractivity contribution in [3.8, 4) is 11.5 Å². The topological polar surface area (TPSA) is 47.6 Å². The van der Waals surface area contributed by atoms with Crippen LogP contribution < -0.4 is 14.8 Å². The smallest absolute Gasteiger partial charge is 0.251 e. The van der Waals surface area contributed by atoms with Gasteiger partial charge in [-0.2, -0.15) is 0 Å². The van der Waals surface area contributed by atoms with Gasteiger partial charge in [0, 0.05) is 12.6 Å². The molecule has 0 bridgehead atoms. The molecule has 0 heterocycles. The van der Waals surface area contributed by atoms with Gasteiger partial charge in [-0.1, -0.05) is 0 Å². The van der Waals surface area contributed by atoms with Crippen molar-refractivity contribution in [2.24, 2.45) is 0 Å². The van der Waals surface area contributed by atoms with Gasteiger partial charge in [-0.3, -0.25) is 4.79 Å². The van der Waals surface area contributed by atoms with Gasteiger partial charge in [-0.25, -0.2) is 0 Å². The third-order valence-electron chi connectivity index (χ3n) is 2.01. The zero-order valence-electron chi connectivity index (χ0n) is 9.46. The van der Waals surface area contributed by atoms with E-state index in [1.54, 1.807) is 19.2 Å². The Labute approximate surface area is 103 Å². The molecule has 0 atom stereocenters. The number of ether oxygens (including phenoxy) is 2. The van der Waals surface area contributed by atoms with Crippen LogP contribution in [0, 0.1) is 0 Å². The molecule has 1 aromatic rings. The van der Waals surface area contributed by atoms with Crippen molar-refractivity contribution in [1.29, 1.82) is 0 Å². The zero-order chi connectivity index (χ0) is 12.1. The second-order valence-corrected chi connectivity index (χ2v) is 3.86. The lowest BCUT2D eigenvalue weighted by molar-refractivity contribution is 0.0962. The maximum absolute atomic E-state index is 11.5. The average molecular weight is 288 g/mol. The highest BCUT2D eigenvalue weighted by Crippen LogP contribution is 2.36. The Morgan fingerprint density at radius 1 is 1.50 bits per heavy atom. The summed E-state index contributed by atoms with van der Waals surface area (Å²) in [4.78, 5) is 11.5. The fourth-order valence-electron chi connectivity index (χ4n) is 1.28. The first kappa shape index (κ1) is 12.8. The maximum atomic E-state index is 11.5. The maximum Gasteiger partial charge on any atom is 0.251 e. The molecule has 1 aromatic carbocycles. The summed E-state index contributed by atoms with van der Waals surface area (Å²) < 4.78 is 11.3. The van der Waals surface area contributed by atoms with E-state index in [0.29, 0.717) is 28.1 Å². The quantitative estimate of drug-likeness (QED) is 0.924. The van der Waals surface area contributed by atoms with Gasteiger partial charge < -0.3 is 14.8 Å². The normalized spacial score (nSPS) is 9.75. The minimum atomic E-state index is -0.165. The predicted octanol–water partition coefficient (Wildman–Crippen LogP) is 2.22. The molecule has 0 aliphatic carbocycles. The fourth-order valence-corrected chi connectivity index (χ4v) is 1.84. The Kier molecular flexibility index (Phi) is 4.61. The largest absolute Gasteiger partial charge is 0.493 e. The van der Waals surface area contributed by atoms with Crippen molar-refractivity contribution in [3.05, 3.63) is 22.2 Å². The average Bonchev–Trinajstić information content (AvgIpc) is 2.30. The first-order valence-electron chi connectivity index (χ1n) is 4.86. The number of hydrogen-bond acceptors (Lipinski definition) is 3. The number of nitrogens with one attached hydrogen (secondary N) is 1. The van der Waals surface area contributed by atoms with E-state index in [-0.39, 0.29) is 5.91 Å². The summed E-state index contributed by atoms with van der Waals surface area (Å²) in [5, 5.41) is 2.56. The molecule has 0 radical (unpaired) electrons. The fraction of sp³-hybridized carbons (Fsp3) is 0.364. The van der Waals surface area contributed by atoms with Crippen LogP contribution in [0.25, 0.3) is 0 Å². The molecule has 0 aliphatic rings. The summed E-state index contributed by atoms with van der Waals surface area (Å²) in [6, 6.07) is 3.35. The van der Waals surface area contributed by atoms with Crippen molar-refractivity contribution in [2.45, 2.75) is 6.92 Å². The van der Waals surface area contributed by atoms with E-state index in [9.17, 15) is 4.79 Å². The van der Waals surface area contributed by atoms with Gasteiger partial charge in [0.25, 0.3) is 5.91 Å². The lowest BCUT2D eigenvalue weighted by Gasteiger charge is -2.12. The van der Waals surface area contributed by atoms with Crippen LogP contribution in [0.2, 0.25) is 0 Å². The van der Waals surface area contributed by atoms with Crippen LogP contribution in [0.3, 0.4) is 0 Å². The highest BCUT2D eigenvalue weighted by molar-refractivity contribution is 9.10. The van der Waals surface area contributed by atoms with Crippen molar-refractivity contribution in [2.75, 3.05) is 20.8 Å². The number of methoxy groups -OCH3 is 1. The van der Waals surface area contributed by atoms with Crippen LogP contribution in [0.15, 0.2) is 16.6 Å². The third kappa shape index (κ3) is 2.66. The second kappa shape index (κ2) is 5.75. The Hall–Kier alpha value is -1.23. The Morgan fingerprint density at radius 3 is 2.69 bits per heavy atom. The van der Waals surface area contributed by atoms with Gasteiger partial charge in [-0.05, 0) is 35.0 Å². The minimum Gasteiger partial charge on any atom is -0.493 e. The van der Waals surface area contributed by atoms with Gasteiger partial charge >= 0.3 is 0 Å². The number of amides is 1. The molecule has 0 unspecified atom stereocenters. The number of benzene rings is 1. The number of halogens is 1. The molecule has 1 N–H and O–H groups in total. The highest BCUT2D eigenvalue weighted by Gasteiger charge is 2.14. The second-order valence-electron chi connectivity index (χ2n) is 3.00. The van der Waals surface area contributed by atoms with Gasteiger partial charge in [0.2, 0.25) is 0 Å². The van der Waals surface area contributed by atoms with Gasteiger partial charge in [0.15, 0.2) is 11.5 Å². The monoisotopic (exact) mass is 287 g/mol. The summed E-state index contributed by atoms with van der Waals surface area (Å²) in [5.74, 6) is 0.981. The molecule has 0 aromatic heterocycles. The lowest BCUT2D eigenvalue weighted by Crippen LogP contribution is -2.17. The van der Waals surface area contributed by atoms with Gasteiger partial charge in [-0.15, -0.1) is 0 Å². The van der Waals surface area contributed by atoms with Crippen molar-refractivity contribution >= 4 is 21.8 Å². The van der Waals surface area contributed by atoms with E-state index < -0.39 is 0 Å². The first-order valence-corrected chi connectivity index (χ1v) is 5.65. The van der Waals surface area contributed by atoms with Gasteiger partial charge in [0.1, 0.15) is 0 Å². The van der Waals surface area contributed by atoms with E-state index in [2.05, 4.69) is 21.2 Å². The van der Waals surface area contributed by atoms with E-state index >= 15 is 0 Å². The van der Waals surface area contributed by atoms with E-state index in [4.69, 9.17) is 9.47 Å². The van der Waals surface area contributed by atoms with Crippen LogP contribution in [0.1, 0.15) is 17.3 Å². The summed E-state index contributed by atoms with van der Waals surface area (Å²) in [7, 11) is 3.12. The molecule has 1 amide bonds. The van der Waals surface area contributed by atoms with Crippen molar-refractivity contribution in [3.63, 3.8) is 0 Å².